The predicted octanol–water partition coefficient (Wildman–Crippen LogP) is 2.02. The van der Waals surface area contributed by atoms with E-state index in [-0.39, 0.29) is 18.4 Å². The van der Waals surface area contributed by atoms with E-state index >= 15 is 0 Å². The topological polar surface area (TPSA) is 77.3 Å². The lowest BCUT2D eigenvalue weighted by molar-refractivity contribution is -0.124. The first kappa shape index (κ1) is 14.0. The minimum absolute atomic E-state index is 0.0470. The van der Waals surface area contributed by atoms with Gasteiger partial charge in [0.1, 0.15) is 5.75 Å². The van der Waals surface area contributed by atoms with Crippen molar-refractivity contribution in [1.82, 2.24) is 15.5 Å². The van der Waals surface area contributed by atoms with E-state index in [4.69, 9.17) is 9.26 Å². The molecule has 0 fully saturated rings. The molecule has 0 saturated carbocycles. The fourth-order valence-electron chi connectivity index (χ4n) is 1.55. The molecule has 0 aliphatic rings. The molecule has 1 aromatic heterocycles. The van der Waals surface area contributed by atoms with Crippen LogP contribution in [0.2, 0.25) is 0 Å². The molecule has 106 valence electrons. The zero-order valence-electron chi connectivity index (χ0n) is 11.7. The number of benzene rings is 1. The van der Waals surface area contributed by atoms with Gasteiger partial charge < -0.3 is 14.6 Å². The third-order valence-corrected chi connectivity index (χ3v) is 2.75. The van der Waals surface area contributed by atoms with Crippen molar-refractivity contribution in [3.63, 3.8) is 0 Å². The number of nitrogens with one attached hydrogen (secondary N) is 1. The molecule has 0 atom stereocenters. The minimum atomic E-state index is -0.0704. The van der Waals surface area contributed by atoms with E-state index in [1.807, 2.05) is 38.1 Å². The Labute approximate surface area is 117 Å². The van der Waals surface area contributed by atoms with E-state index in [0.717, 1.165) is 11.3 Å². The Morgan fingerprint density at radius 1 is 1.35 bits per heavy atom. The lowest BCUT2D eigenvalue weighted by atomic mass is 10.2. The van der Waals surface area contributed by atoms with Crippen molar-refractivity contribution in [2.45, 2.75) is 20.4 Å². The van der Waals surface area contributed by atoms with Gasteiger partial charge in [0.15, 0.2) is 0 Å². The normalized spacial score (nSPS) is 10.6. The molecule has 0 spiro atoms. The van der Waals surface area contributed by atoms with Crippen molar-refractivity contribution < 1.29 is 14.1 Å². The van der Waals surface area contributed by atoms with E-state index in [2.05, 4.69) is 15.5 Å². The molecular formula is C14H17N3O3. The van der Waals surface area contributed by atoms with E-state index < -0.39 is 0 Å². The van der Waals surface area contributed by atoms with Gasteiger partial charge in [0.2, 0.25) is 17.6 Å². The molecule has 1 aromatic carbocycles. The van der Waals surface area contributed by atoms with Crippen LogP contribution in [0.5, 0.6) is 5.75 Å². The first-order chi connectivity index (χ1) is 9.60. The van der Waals surface area contributed by atoms with Gasteiger partial charge in [-0.15, -0.1) is 0 Å². The van der Waals surface area contributed by atoms with Crippen molar-refractivity contribution in [2.24, 2.45) is 5.92 Å². The summed E-state index contributed by atoms with van der Waals surface area (Å²) in [4.78, 5) is 15.7. The van der Waals surface area contributed by atoms with Crippen LogP contribution in [0.1, 0.15) is 19.7 Å². The third kappa shape index (κ3) is 3.34. The molecule has 1 N–H and O–H groups in total. The number of rotatable bonds is 5. The van der Waals surface area contributed by atoms with E-state index in [0.29, 0.717) is 11.7 Å². The summed E-state index contributed by atoms with van der Waals surface area (Å²) in [5.74, 6) is 1.51. The first-order valence-electron chi connectivity index (χ1n) is 6.35. The lowest BCUT2D eigenvalue weighted by Gasteiger charge is -2.03. The quantitative estimate of drug-likeness (QED) is 0.903. The third-order valence-electron chi connectivity index (χ3n) is 2.75. The second-order valence-corrected chi connectivity index (χ2v) is 4.61. The second-order valence-electron chi connectivity index (χ2n) is 4.61. The second kappa shape index (κ2) is 6.18. The molecule has 6 nitrogen and oxygen atoms in total. The lowest BCUT2D eigenvalue weighted by Crippen LogP contribution is -2.27. The molecule has 1 amide bonds. The van der Waals surface area contributed by atoms with Gasteiger partial charge in [-0.2, -0.15) is 4.98 Å². The van der Waals surface area contributed by atoms with Gasteiger partial charge in [0.25, 0.3) is 0 Å². The highest BCUT2D eigenvalue weighted by Crippen LogP contribution is 2.19. The summed E-state index contributed by atoms with van der Waals surface area (Å²) in [6.07, 6.45) is 0. The molecule has 0 radical (unpaired) electrons. The van der Waals surface area contributed by atoms with Crippen LogP contribution in [0.15, 0.2) is 28.8 Å². The standard InChI is InChI=1S/C14H17N3O3/c1-9(2)14(18)15-8-12-16-13(17-20-12)10-4-6-11(19-3)7-5-10/h4-7,9H,8H2,1-3H3,(H,15,18). The van der Waals surface area contributed by atoms with Gasteiger partial charge in [-0.05, 0) is 24.3 Å². The number of nitrogens with zero attached hydrogens (tertiary/aromatic N) is 2. The Bertz CT molecular complexity index is 576. The van der Waals surface area contributed by atoms with Crippen molar-refractivity contribution in [3.05, 3.63) is 30.2 Å². The molecule has 6 heteroatoms. The number of carbonyl (C=O) groups is 1. The summed E-state index contributed by atoms with van der Waals surface area (Å²) in [6.45, 7) is 3.89. The van der Waals surface area contributed by atoms with Gasteiger partial charge in [-0.25, -0.2) is 0 Å². The summed E-state index contributed by atoms with van der Waals surface area (Å²) < 4.78 is 10.2. The number of aromatic nitrogens is 2. The van der Waals surface area contributed by atoms with Gasteiger partial charge in [0, 0.05) is 11.5 Å². The number of hydrogen-bond acceptors (Lipinski definition) is 5. The Morgan fingerprint density at radius 2 is 2.05 bits per heavy atom. The molecular weight excluding hydrogens is 258 g/mol. The van der Waals surface area contributed by atoms with Crippen molar-refractivity contribution in [2.75, 3.05) is 7.11 Å². The SMILES string of the molecule is COc1ccc(-c2noc(CNC(=O)C(C)C)n2)cc1. The monoisotopic (exact) mass is 275 g/mol. The molecule has 0 aliphatic carbocycles. The maximum atomic E-state index is 11.4. The highest BCUT2D eigenvalue weighted by atomic mass is 16.5. The molecule has 0 saturated heterocycles. The van der Waals surface area contributed by atoms with Crippen molar-refractivity contribution in [1.29, 1.82) is 0 Å². The smallest absolute Gasteiger partial charge is 0.246 e. The molecule has 20 heavy (non-hydrogen) atoms. The summed E-state index contributed by atoms with van der Waals surface area (Å²) in [7, 11) is 1.61. The number of amides is 1. The zero-order chi connectivity index (χ0) is 14.5. The number of carbonyl (C=O) groups excluding carboxylic acids is 1. The predicted molar refractivity (Wildman–Crippen MR) is 73.0 cm³/mol. The Balaban J connectivity index is 2.02. The number of hydrogen-bond donors (Lipinski definition) is 1. The number of ether oxygens (including phenoxy) is 1. The van der Waals surface area contributed by atoms with Crippen molar-refractivity contribution >= 4 is 5.91 Å². The average molecular weight is 275 g/mol. The Kier molecular flexibility index (Phi) is 4.34. The average Bonchev–Trinajstić information content (AvgIpc) is 2.93. The van der Waals surface area contributed by atoms with Crippen LogP contribution in [0.4, 0.5) is 0 Å². The van der Waals surface area contributed by atoms with Gasteiger partial charge >= 0.3 is 0 Å². The van der Waals surface area contributed by atoms with Gasteiger partial charge in [-0.1, -0.05) is 19.0 Å². The Hall–Kier alpha value is -2.37. The largest absolute Gasteiger partial charge is 0.497 e. The van der Waals surface area contributed by atoms with E-state index in [9.17, 15) is 4.79 Å². The van der Waals surface area contributed by atoms with Crippen LogP contribution in [0, 0.1) is 5.92 Å². The molecule has 0 unspecified atom stereocenters. The fourth-order valence-corrected chi connectivity index (χ4v) is 1.55. The molecule has 0 aliphatic heterocycles. The molecule has 0 bridgehead atoms. The highest BCUT2D eigenvalue weighted by Gasteiger charge is 2.11. The van der Waals surface area contributed by atoms with E-state index in [1.165, 1.54) is 0 Å². The van der Waals surface area contributed by atoms with Gasteiger partial charge in [0.05, 0.1) is 13.7 Å². The summed E-state index contributed by atoms with van der Waals surface area (Å²) in [5.41, 5.74) is 0.830. The van der Waals surface area contributed by atoms with Crippen LogP contribution in [-0.2, 0) is 11.3 Å². The number of methoxy groups -OCH3 is 1. The summed E-state index contributed by atoms with van der Waals surface area (Å²) in [6, 6.07) is 7.35. The van der Waals surface area contributed by atoms with Crippen LogP contribution in [0.3, 0.4) is 0 Å². The van der Waals surface area contributed by atoms with Gasteiger partial charge in [-0.3, -0.25) is 4.79 Å². The van der Waals surface area contributed by atoms with Crippen LogP contribution in [0.25, 0.3) is 11.4 Å². The van der Waals surface area contributed by atoms with Crippen LogP contribution in [-0.4, -0.2) is 23.2 Å². The van der Waals surface area contributed by atoms with Crippen molar-refractivity contribution in [3.8, 4) is 17.1 Å². The molecule has 2 aromatic rings. The molecule has 2 rings (SSSR count). The maximum Gasteiger partial charge on any atom is 0.246 e. The maximum absolute atomic E-state index is 11.4. The Morgan fingerprint density at radius 3 is 2.65 bits per heavy atom. The van der Waals surface area contributed by atoms with Crippen LogP contribution >= 0.6 is 0 Å². The highest BCUT2D eigenvalue weighted by molar-refractivity contribution is 5.77. The van der Waals surface area contributed by atoms with Crippen LogP contribution < -0.4 is 10.1 Å². The summed E-state index contributed by atoms with van der Waals surface area (Å²) >= 11 is 0. The molecule has 1 heterocycles. The fraction of sp³-hybridized carbons (Fsp3) is 0.357. The first-order valence-corrected chi connectivity index (χ1v) is 6.35. The summed E-state index contributed by atoms with van der Waals surface area (Å²) in [5, 5.41) is 6.61. The minimum Gasteiger partial charge on any atom is -0.497 e. The zero-order valence-corrected chi connectivity index (χ0v) is 11.7. The van der Waals surface area contributed by atoms with E-state index in [1.54, 1.807) is 7.11 Å².